The lowest BCUT2D eigenvalue weighted by Gasteiger charge is -2.21. The lowest BCUT2D eigenvalue weighted by molar-refractivity contribution is -0.128. The maximum atomic E-state index is 11.0. The van der Waals surface area contributed by atoms with Crippen LogP contribution in [0.25, 0.3) is 0 Å². The summed E-state index contributed by atoms with van der Waals surface area (Å²) in [5.41, 5.74) is 0. The van der Waals surface area contributed by atoms with Crippen LogP contribution in [0.1, 0.15) is 6.92 Å². The molecule has 5 heteroatoms. The molecule has 2 atom stereocenters. The summed E-state index contributed by atoms with van der Waals surface area (Å²) in [6.07, 6.45) is -0.888. The van der Waals surface area contributed by atoms with E-state index in [1.807, 2.05) is 23.5 Å². The molecule has 0 aromatic carbocycles. The van der Waals surface area contributed by atoms with E-state index in [0.29, 0.717) is 11.8 Å². The molecule has 76 valence electrons. The van der Waals surface area contributed by atoms with Gasteiger partial charge in [-0.3, -0.25) is 4.79 Å². The number of carbonyl (C=O) groups excluding carboxylic acids is 1. The number of thioether (sulfide) groups is 2. The summed E-state index contributed by atoms with van der Waals surface area (Å²) in [7, 11) is 0. The van der Waals surface area contributed by atoms with Gasteiger partial charge in [-0.25, -0.2) is 0 Å². The Morgan fingerprint density at radius 2 is 2.46 bits per heavy atom. The Bertz CT molecular complexity index is 170. The van der Waals surface area contributed by atoms with Crippen molar-refractivity contribution in [2.75, 3.05) is 23.8 Å². The summed E-state index contributed by atoms with van der Waals surface area (Å²) in [5.74, 6) is 3.21. The summed E-state index contributed by atoms with van der Waals surface area (Å²) in [6, 6.07) is 0. The Kier molecular flexibility index (Phi) is 4.98. The van der Waals surface area contributed by atoms with Gasteiger partial charge in [0.15, 0.2) is 0 Å². The van der Waals surface area contributed by atoms with Crippen molar-refractivity contribution in [1.29, 1.82) is 0 Å². The maximum absolute atomic E-state index is 11.0. The second kappa shape index (κ2) is 5.78. The molecule has 1 amide bonds. The first kappa shape index (κ1) is 11.2. The van der Waals surface area contributed by atoms with Crippen molar-refractivity contribution < 1.29 is 9.90 Å². The third-order valence-electron chi connectivity index (χ3n) is 1.77. The highest BCUT2D eigenvalue weighted by Gasteiger charge is 2.16. The van der Waals surface area contributed by atoms with Crippen LogP contribution in [0.4, 0.5) is 0 Å². The predicted molar refractivity (Wildman–Crippen MR) is 58.3 cm³/mol. The van der Waals surface area contributed by atoms with Crippen LogP contribution in [0.5, 0.6) is 0 Å². The van der Waals surface area contributed by atoms with Crippen LogP contribution >= 0.6 is 23.5 Å². The number of aliphatic hydroxyl groups excluding tert-OH is 1. The first-order valence-electron chi connectivity index (χ1n) is 4.35. The van der Waals surface area contributed by atoms with E-state index < -0.39 is 6.10 Å². The predicted octanol–water partition coefficient (Wildman–Crippen LogP) is 0.332. The molecule has 1 saturated heterocycles. The van der Waals surface area contributed by atoms with E-state index in [4.69, 9.17) is 5.11 Å². The van der Waals surface area contributed by atoms with Gasteiger partial charge >= 0.3 is 0 Å². The van der Waals surface area contributed by atoms with Gasteiger partial charge in [0.2, 0.25) is 5.91 Å². The molecule has 0 bridgehead atoms. The minimum Gasteiger partial charge on any atom is -0.384 e. The lowest BCUT2D eigenvalue weighted by Crippen LogP contribution is -2.38. The summed E-state index contributed by atoms with van der Waals surface area (Å²) < 4.78 is 0. The molecule has 1 heterocycles. The fourth-order valence-electron chi connectivity index (χ4n) is 1.02. The van der Waals surface area contributed by atoms with Crippen LogP contribution in [0.3, 0.4) is 0 Å². The van der Waals surface area contributed by atoms with Crippen LogP contribution in [0.2, 0.25) is 0 Å². The van der Waals surface area contributed by atoms with Crippen LogP contribution in [0.15, 0.2) is 0 Å². The summed E-state index contributed by atoms with van der Waals surface area (Å²) in [6.45, 7) is 2.17. The largest absolute Gasteiger partial charge is 0.384 e. The Morgan fingerprint density at radius 1 is 1.69 bits per heavy atom. The Labute approximate surface area is 87.0 Å². The average molecular weight is 221 g/mol. The molecule has 1 unspecified atom stereocenters. The van der Waals surface area contributed by atoms with Gasteiger partial charge in [-0.1, -0.05) is 0 Å². The molecule has 1 rings (SSSR count). The average Bonchev–Trinajstić information content (AvgIpc) is 2.15. The quantitative estimate of drug-likeness (QED) is 0.721. The molecule has 1 aliphatic heterocycles. The van der Waals surface area contributed by atoms with E-state index in [1.165, 1.54) is 18.4 Å². The summed E-state index contributed by atoms with van der Waals surface area (Å²) >= 11 is 3.83. The molecular weight excluding hydrogens is 206 g/mol. The zero-order valence-corrected chi connectivity index (χ0v) is 9.29. The van der Waals surface area contributed by atoms with Gasteiger partial charge in [0.05, 0.1) is 0 Å². The van der Waals surface area contributed by atoms with Gasteiger partial charge in [0.1, 0.15) is 6.10 Å². The number of aliphatic hydroxyl groups is 1. The first-order chi connectivity index (χ1) is 6.20. The highest BCUT2D eigenvalue weighted by atomic mass is 32.2. The molecule has 0 aromatic rings. The zero-order valence-electron chi connectivity index (χ0n) is 7.66. The number of hydrogen-bond acceptors (Lipinski definition) is 4. The molecule has 0 aromatic heterocycles. The number of carbonyl (C=O) groups is 1. The third-order valence-corrected chi connectivity index (χ3v) is 4.61. The second-order valence-corrected chi connectivity index (χ2v) is 5.55. The Morgan fingerprint density at radius 3 is 3.00 bits per heavy atom. The van der Waals surface area contributed by atoms with E-state index in [1.54, 1.807) is 0 Å². The number of hydrogen-bond donors (Lipinski definition) is 2. The fraction of sp³-hybridized carbons (Fsp3) is 0.875. The molecule has 0 spiro atoms. The van der Waals surface area contributed by atoms with Gasteiger partial charge in [0.25, 0.3) is 0 Å². The molecule has 1 fully saturated rings. The van der Waals surface area contributed by atoms with Crippen molar-refractivity contribution in [3.63, 3.8) is 0 Å². The van der Waals surface area contributed by atoms with Crippen LogP contribution in [0, 0.1) is 0 Å². The molecule has 0 saturated carbocycles. The fourth-order valence-corrected chi connectivity index (χ4v) is 3.63. The maximum Gasteiger partial charge on any atom is 0.248 e. The van der Waals surface area contributed by atoms with Gasteiger partial charge in [-0.15, -0.1) is 0 Å². The lowest BCUT2D eigenvalue weighted by atomic mass is 10.3. The summed E-state index contributed by atoms with van der Waals surface area (Å²) in [4.78, 5) is 11.0. The van der Waals surface area contributed by atoms with E-state index in [2.05, 4.69) is 5.32 Å². The van der Waals surface area contributed by atoms with Gasteiger partial charge in [0, 0.05) is 29.1 Å². The van der Waals surface area contributed by atoms with Crippen molar-refractivity contribution in [1.82, 2.24) is 5.32 Å². The SMILES string of the molecule is C[C@@H](O)C(=O)NCC1CSCCS1. The Balaban J connectivity index is 2.13. The van der Waals surface area contributed by atoms with Gasteiger partial charge < -0.3 is 10.4 Å². The van der Waals surface area contributed by atoms with Crippen molar-refractivity contribution in [3.05, 3.63) is 0 Å². The van der Waals surface area contributed by atoms with E-state index in [0.717, 1.165) is 5.75 Å². The zero-order chi connectivity index (χ0) is 9.68. The highest BCUT2D eigenvalue weighted by Crippen LogP contribution is 2.23. The monoisotopic (exact) mass is 221 g/mol. The molecule has 0 radical (unpaired) electrons. The molecule has 3 nitrogen and oxygen atoms in total. The van der Waals surface area contributed by atoms with Crippen molar-refractivity contribution in [2.45, 2.75) is 18.3 Å². The highest BCUT2D eigenvalue weighted by molar-refractivity contribution is 8.06. The number of rotatable bonds is 3. The smallest absolute Gasteiger partial charge is 0.248 e. The van der Waals surface area contributed by atoms with Crippen LogP contribution < -0.4 is 5.32 Å². The van der Waals surface area contributed by atoms with Crippen molar-refractivity contribution in [2.24, 2.45) is 0 Å². The van der Waals surface area contributed by atoms with Crippen molar-refractivity contribution >= 4 is 29.4 Å². The van der Waals surface area contributed by atoms with E-state index in [-0.39, 0.29) is 5.91 Å². The first-order valence-corrected chi connectivity index (χ1v) is 6.55. The van der Waals surface area contributed by atoms with E-state index >= 15 is 0 Å². The minimum atomic E-state index is -0.888. The van der Waals surface area contributed by atoms with Crippen molar-refractivity contribution in [3.8, 4) is 0 Å². The van der Waals surface area contributed by atoms with Crippen LogP contribution in [-0.4, -0.2) is 46.2 Å². The molecule has 1 aliphatic rings. The summed E-state index contributed by atoms with van der Waals surface area (Å²) in [5, 5.41) is 12.2. The van der Waals surface area contributed by atoms with Gasteiger partial charge in [-0.2, -0.15) is 23.5 Å². The normalized spacial score (nSPS) is 25.2. The third kappa shape index (κ3) is 4.24. The molecule has 13 heavy (non-hydrogen) atoms. The molecule has 2 N–H and O–H groups in total. The van der Waals surface area contributed by atoms with Crippen LogP contribution in [-0.2, 0) is 4.79 Å². The van der Waals surface area contributed by atoms with Gasteiger partial charge in [-0.05, 0) is 6.92 Å². The molecular formula is C8H15NO2S2. The minimum absolute atomic E-state index is 0.267. The number of amides is 1. The Hall–Kier alpha value is 0.130. The van der Waals surface area contributed by atoms with E-state index in [9.17, 15) is 4.79 Å². The topological polar surface area (TPSA) is 49.3 Å². The standard InChI is InChI=1S/C8H15NO2S2/c1-6(10)8(11)9-4-7-5-12-2-3-13-7/h6-7,10H,2-5H2,1H3,(H,9,11)/t6-,7?/m1/s1. The second-order valence-electron chi connectivity index (χ2n) is 2.99. The number of nitrogens with one attached hydrogen (secondary N) is 1. The molecule has 0 aliphatic carbocycles.